The molecule has 0 atom stereocenters. The number of methoxy groups -OCH3 is 1. The number of esters is 1. The van der Waals surface area contributed by atoms with Crippen molar-refractivity contribution in [2.75, 3.05) is 24.7 Å². The molecule has 1 aliphatic carbocycles. The molecule has 0 spiro atoms. The number of hydrogen-bond donors (Lipinski definition) is 2. The molecule has 20 heavy (non-hydrogen) atoms. The normalized spacial score (nSPS) is 14.6. The third-order valence-corrected chi connectivity index (χ3v) is 3.62. The molecule has 2 rings (SSSR count). The molecule has 0 heterocycles. The van der Waals surface area contributed by atoms with Gasteiger partial charge in [-0.3, -0.25) is 0 Å². The maximum absolute atomic E-state index is 11.4. The van der Waals surface area contributed by atoms with Gasteiger partial charge in [0.25, 0.3) is 0 Å². The largest absolute Gasteiger partial charge is 0.465 e. The van der Waals surface area contributed by atoms with E-state index < -0.39 is 0 Å². The number of nitrogens with one attached hydrogen (secondary N) is 1. The second-order valence-electron chi connectivity index (χ2n) is 5.08. The molecule has 1 aliphatic rings. The lowest BCUT2D eigenvalue weighted by molar-refractivity contribution is 0.0601. The number of carbonyl (C=O) groups excluding carboxylic acids is 1. The summed E-state index contributed by atoms with van der Waals surface area (Å²) in [5.41, 5.74) is 9.41. The van der Waals surface area contributed by atoms with Crippen LogP contribution in [0.15, 0.2) is 29.8 Å². The van der Waals surface area contributed by atoms with Gasteiger partial charge in [0.2, 0.25) is 0 Å². The van der Waals surface area contributed by atoms with Gasteiger partial charge in [0.1, 0.15) is 0 Å². The first-order valence-corrected chi connectivity index (χ1v) is 7.10. The predicted octanol–water partition coefficient (Wildman–Crippen LogP) is 3.36. The van der Waals surface area contributed by atoms with Crippen LogP contribution in [0.4, 0.5) is 11.4 Å². The van der Waals surface area contributed by atoms with Crippen molar-refractivity contribution >= 4 is 17.3 Å². The Morgan fingerprint density at radius 2 is 2.25 bits per heavy atom. The third-order valence-electron chi connectivity index (χ3n) is 3.62. The summed E-state index contributed by atoms with van der Waals surface area (Å²) in [5.74, 6) is -0.365. The van der Waals surface area contributed by atoms with E-state index in [1.54, 1.807) is 12.1 Å². The number of allylic oxidation sites excluding steroid dienone is 1. The van der Waals surface area contributed by atoms with E-state index in [4.69, 9.17) is 5.73 Å². The highest BCUT2D eigenvalue weighted by atomic mass is 16.5. The Hall–Kier alpha value is -1.97. The SMILES string of the molecule is COC(=O)c1ccc(NCCC2=CCCCC2)c(N)c1. The molecule has 3 N–H and O–H groups in total. The number of nitrogen functional groups attached to an aromatic ring is 1. The molecule has 0 aliphatic heterocycles. The lowest BCUT2D eigenvalue weighted by Gasteiger charge is -2.14. The van der Waals surface area contributed by atoms with Gasteiger partial charge >= 0.3 is 5.97 Å². The fourth-order valence-corrected chi connectivity index (χ4v) is 2.46. The van der Waals surface area contributed by atoms with Crippen molar-refractivity contribution in [2.24, 2.45) is 0 Å². The van der Waals surface area contributed by atoms with Gasteiger partial charge in [0.15, 0.2) is 0 Å². The van der Waals surface area contributed by atoms with Gasteiger partial charge in [-0.1, -0.05) is 11.6 Å². The van der Waals surface area contributed by atoms with Gasteiger partial charge in [0, 0.05) is 6.54 Å². The van der Waals surface area contributed by atoms with Crippen LogP contribution in [0.25, 0.3) is 0 Å². The number of rotatable bonds is 5. The van der Waals surface area contributed by atoms with Gasteiger partial charge in [-0.25, -0.2) is 4.79 Å². The summed E-state index contributed by atoms with van der Waals surface area (Å²) in [5, 5.41) is 3.33. The van der Waals surface area contributed by atoms with Crippen molar-refractivity contribution < 1.29 is 9.53 Å². The fourth-order valence-electron chi connectivity index (χ4n) is 2.46. The molecule has 108 valence electrons. The van der Waals surface area contributed by atoms with Crippen LogP contribution in [0.1, 0.15) is 42.5 Å². The molecule has 0 saturated carbocycles. The lowest BCUT2D eigenvalue weighted by Crippen LogP contribution is -2.08. The second kappa shape index (κ2) is 6.98. The molecular formula is C16H22N2O2. The number of benzene rings is 1. The predicted molar refractivity (Wildman–Crippen MR) is 81.9 cm³/mol. The molecule has 0 fully saturated rings. The third kappa shape index (κ3) is 3.76. The molecule has 0 saturated heterocycles. The average Bonchev–Trinajstić information content (AvgIpc) is 2.49. The molecule has 1 aromatic rings. The number of hydrogen-bond acceptors (Lipinski definition) is 4. The van der Waals surface area contributed by atoms with Crippen LogP contribution in [-0.2, 0) is 4.74 Å². The van der Waals surface area contributed by atoms with Gasteiger partial charge in [0.05, 0.1) is 24.0 Å². The Morgan fingerprint density at radius 1 is 1.40 bits per heavy atom. The van der Waals surface area contributed by atoms with Crippen LogP contribution in [0.5, 0.6) is 0 Å². The van der Waals surface area contributed by atoms with E-state index in [-0.39, 0.29) is 5.97 Å². The van der Waals surface area contributed by atoms with Crippen molar-refractivity contribution in [3.8, 4) is 0 Å². The molecule has 4 heteroatoms. The molecular weight excluding hydrogens is 252 g/mol. The van der Waals surface area contributed by atoms with E-state index >= 15 is 0 Å². The quantitative estimate of drug-likeness (QED) is 0.491. The second-order valence-corrected chi connectivity index (χ2v) is 5.08. The fraction of sp³-hybridized carbons (Fsp3) is 0.438. The van der Waals surface area contributed by atoms with Crippen molar-refractivity contribution in [3.63, 3.8) is 0 Å². The Balaban J connectivity index is 1.89. The van der Waals surface area contributed by atoms with Gasteiger partial charge in [-0.05, 0) is 50.3 Å². The maximum atomic E-state index is 11.4. The van der Waals surface area contributed by atoms with E-state index in [1.165, 1.54) is 38.4 Å². The molecule has 0 aromatic heterocycles. The van der Waals surface area contributed by atoms with E-state index in [1.807, 2.05) is 6.07 Å². The maximum Gasteiger partial charge on any atom is 0.337 e. The van der Waals surface area contributed by atoms with Gasteiger partial charge in [-0.2, -0.15) is 0 Å². The Labute approximate surface area is 120 Å². The number of nitrogens with two attached hydrogens (primary N) is 1. The minimum absolute atomic E-state index is 0.365. The van der Waals surface area contributed by atoms with Crippen LogP contribution in [0.2, 0.25) is 0 Å². The monoisotopic (exact) mass is 274 g/mol. The van der Waals surface area contributed by atoms with Crippen LogP contribution < -0.4 is 11.1 Å². The highest BCUT2D eigenvalue weighted by molar-refractivity contribution is 5.91. The summed E-state index contributed by atoms with van der Waals surface area (Å²) in [6.07, 6.45) is 8.47. The van der Waals surface area contributed by atoms with E-state index in [0.29, 0.717) is 11.3 Å². The first-order chi connectivity index (χ1) is 9.70. The van der Waals surface area contributed by atoms with Gasteiger partial charge in [-0.15, -0.1) is 0 Å². The van der Waals surface area contributed by atoms with E-state index in [0.717, 1.165) is 18.7 Å². The number of anilines is 2. The van der Waals surface area contributed by atoms with Crippen molar-refractivity contribution in [1.29, 1.82) is 0 Å². The summed E-state index contributed by atoms with van der Waals surface area (Å²) in [4.78, 5) is 11.4. The molecule has 4 nitrogen and oxygen atoms in total. The van der Waals surface area contributed by atoms with E-state index in [9.17, 15) is 4.79 Å². The summed E-state index contributed by atoms with van der Waals surface area (Å²) < 4.78 is 4.67. The van der Waals surface area contributed by atoms with Crippen LogP contribution in [0, 0.1) is 0 Å². The van der Waals surface area contributed by atoms with Crippen LogP contribution >= 0.6 is 0 Å². The standard InChI is InChI=1S/C16H22N2O2/c1-20-16(19)13-7-8-15(14(17)11-13)18-10-9-12-5-3-2-4-6-12/h5,7-8,11,18H,2-4,6,9-10,17H2,1H3. The molecule has 1 aromatic carbocycles. The summed E-state index contributed by atoms with van der Waals surface area (Å²) >= 11 is 0. The highest BCUT2D eigenvalue weighted by Gasteiger charge is 2.08. The smallest absolute Gasteiger partial charge is 0.337 e. The lowest BCUT2D eigenvalue weighted by atomic mass is 9.97. The average molecular weight is 274 g/mol. The molecule has 0 amide bonds. The summed E-state index contributed by atoms with van der Waals surface area (Å²) in [6.45, 7) is 0.869. The Kier molecular flexibility index (Phi) is 5.04. The van der Waals surface area contributed by atoms with Crippen molar-refractivity contribution in [1.82, 2.24) is 0 Å². The van der Waals surface area contributed by atoms with Crippen molar-refractivity contribution in [3.05, 3.63) is 35.4 Å². The summed E-state index contributed by atoms with van der Waals surface area (Å²) in [6, 6.07) is 5.20. The molecule has 0 unspecified atom stereocenters. The van der Waals surface area contributed by atoms with Gasteiger partial charge < -0.3 is 15.8 Å². The molecule has 0 bridgehead atoms. The molecule has 0 radical (unpaired) electrons. The zero-order chi connectivity index (χ0) is 14.4. The summed E-state index contributed by atoms with van der Waals surface area (Å²) in [7, 11) is 1.36. The zero-order valence-electron chi connectivity index (χ0n) is 11.9. The zero-order valence-corrected chi connectivity index (χ0v) is 11.9. The van der Waals surface area contributed by atoms with Crippen LogP contribution in [-0.4, -0.2) is 19.6 Å². The van der Waals surface area contributed by atoms with Crippen molar-refractivity contribution in [2.45, 2.75) is 32.1 Å². The minimum atomic E-state index is -0.365. The van der Waals surface area contributed by atoms with Crippen LogP contribution in [0.3, 0.4) is 0 Å². The van der Waals surface area contributed by atoms with E-state index in [2.05, 4.69) is 16.1 Å². The number of ether oxygens (including phenoxy) is 1. The first kappa shape index (κ1) is 14.4. The topological polar surface area (TPSA) is 64.3 Å². The Morgan fingerprint density at radius 3 is 2.90 bits per heavy atom. The highest BCUT2D eigenvalue weighted by Crippen LogP contribution is 2.23. The minimum Gasteiger partial charge on any atom is -0.465 e. The first-order valence-electron chi connectivity index (χ1n) is 7.10. The number of carbonyl (C=O) groups is 1. The Bertz CT molecular complexity index is 509.